The number of benzene rings is 1. The van der Waals surface area contributed by atoms with Crippen molar-refractivity contribution < 1.29 is 4.79 Å². The number of aromatic nitrogens is 2. The van der Waals surface area contributed by atoms with Crippen molar-refractivity contribution in [3.8, 4) is 0 Å². The number of rotatable bonds is 4. The Hall–Kier alpha value is -1.95. The lowest BCUT2D eigenvalue weighted by atomic mass is 10.2. The van der Waals surface area contributed by atoms with E-state index >= 15 is 0 Å². The molecule has 0 saturated carbocycles. The lowest BCUT2D eigenvalue weighted by Crippen LogP contribution is -2.16. The monoisotopic (exact) mass is 348 g/mol. The Morgan fingerprint density at radius 2 is 1.90 bits per heavy atom. The molecule has 110 valence electrons. The van der Waals surface area contributed by atoms with Crippen molar-refractivity contribution in [3.63, 3.8) is 0 Å². The van der Waals surface area contributed by atoms with Crippen LogP contribution in [0.15, 0.2) is 35.1 Å². The first kappa shape index (κ1) is 15.4. The van der Waals surface area contributed by atoms with Gasteiger partial charge >= 0.3 is 0 Å². The molecule has 0 aliphatic heterocycles. The molecule has 1 heterocycles. The number of nitrogens with zero attached hydrogens (tertiary/aromatic N) is 2. The van der Waals surface area contributed by atoms with Crippen LogP contribution in [0.4, 0.5) is 11.6 Å². The van der Waals surface area contributed by atoms with Crippen LogP contribution >= 0.6 is 15.9 Å². The average Bonchev–Trinajstić information content (AvgIpc) is 2.42. The molecule has 2 N–H and O–H groups in total. The predicted octanol–water partition coefficient (Wildman–Crippen LogP) is 3.62. The Morgan fingerprint density at radius 3 is 2.48 bits per heavy atom. The van der Waals surface area contributed by atoms with E-state index in [1.165, 1.54) is 12.4 Å². The zero-order valence-corrected chi connectivity index (χ0v) is 13.7. The summed E-state index contributed by atoms with van der Waals surface area (Å²) in [5.41, 5.74) is 2.18. The van der Waals surface area contributed by atoms with Crippen molar-refractivity contribution in [2.45, 2.75) is 26.8 Å². The maximum absolute atomic E-state index is 12.2. The fraction of sp³-hybridized carbons (Fsp3) is 0.267. The van der Waals surface area contributed by atoms with Gasteiger partial charge in [-0.15, -0.1) is 0 Å². The van der Waals surface area contributed by atoms with Crippen LogP contribution < -0.4 is 10.6 Å². The van der Waals surface area contributed by atoms with Crippen LogP contribution in [-0.2, 0) is 0 Å². The van der Waals surface area contributed by atoms with Crippen molar-refractivity contribution >= 4 is 33.5 Å². The Bertz CT molecular complexity index is 641. The van der Waals surface area contributed by atoms with Gasteiger partial charge in [0.15, 0.2) is 0 Å². The molecule has 0 unspecified atom stereocenters. The van der Waals surface area contributed by atoms with Crippen molar-refractivity contribution in [2.75, 3.05) is 10.6 Å². The number of anilines is 2. The van der Waals surface area contributed by atoms with Crippen LogP contribution in [0.5, 0.6) is 0 Å². The second-order valence-electron chi connectivity index (χ2n) is 5.01. The minimum atomic E-state index is -0.225. The molecule has 0 saturated heterocycles. The smallest absolute Gasteiger partial charge is 0.258 e. The Balaban J connectivity index is 2.09. The largest absolute Gasteiger partial charge is 0.352 e. The maximum Gasteiger partial charge on any atom is 0.258 e. The molecule has 0 spiro atoms. The molecule has 0 atom stereocenters. The van der Waals surface area contributed by atoms with E-state index in [9.17, 15) is 4.79 Å². The van der Waals surface area contributed by atoms with Crippen molar-refractivity contribution in [2.24, 2.45) is 0 Å². The Kier molecular flexibility index (Phi) is 4.90. The molecule has 0 aliphatic rings. The first-order chi connectivity index (χ1) is 9.95. The SMILES string of the molecule is Cc1cc(Br)ccc1NC(=O)c1cnc(NC(C)C)nc1. The fourth-order valence-electron chi connectivity index (χ4n) is 1.74. The number of nitrogens with one attached hydrogen (secondary N) is 2. The van der Waals surface area contributed by atoms with Gasteiger partial charge in [-0.25, -0.2) is 9.97 Å². The lowest BCUT2D eigenvalue weighted by molar-refractivity contribution is 0.102. The van der Waals surface area contributed by atoms with E-state index in [1.54, 1.807) is 0 Å². The molecule has 2 rings (SSSR count). The first-order valence-corrected chi connectivity index (χ1v) is 7.41. The number of carbonyl (C=O) groups excluding carboxylic acids is 1. The highest BCUT2D eigenvalue weighted by atomic mass is 79.9. The zero-order valence-electron chi connectivity index (χ0n) is 12.1. The van der Waals surface area contributed by atoms with E-state index in [4.69, 9.17) is 0 Å². The Labute approximate surface area is 132 Å². The van der Waals surface area contributed by atoms with E-state index in [0.717, 1.165) is 15.7 Å². The van der Waals surface area contributed by atoms with Gasteiger partial charge in [0.25, 0.3) is 5.91 Å². The third kappa shape index (κ3) is 4.26. The van der Waals surface area contributed by atoms with Crippen LogP contribution in [0, 0.1) is 6.92 Å². The summed E-state index contributed by atoms with van der Waals surface area (Å²) >= 11 is 3.40. The highest BCUT2D eigenvalue weighted by Gasteiger charge is 2.09. The van der Waals surface area contributed by atoms with Gasteiger partial charge in [-0.2, -0.15) is 0 Å². The minimum absolute atomic E-state index is 0.225. The molecule has 0 fully saturated rings. The highest BCUT2D eigenvalue weighted by Crippen LogP contribution is 2.20. The van der Waals surface area contributed by atoms with Crippen molar-refractivity contribution in [3.05, 3.63) is 46.2 Å². The average molecular weight is 349 g/mol. The minimum Gasteiger partial charge on any atom is -0.352 e. The summed E-state index contributed by atoms with van der Waals surface area (Å²) in [4.78, 5) is 20.4. The fourth-order valence-corrected chi connectivity index (χ4v) is 2.22. The summed E-state index contributed by atoms with van der Waals surface area (Å²) in [6.45, 7) is 5.94. The molecule has 0 radical (unpaired) electrons. The van der Waals surface area contributed by atoms with Crippen LogP contribution in [0.1, 0.15) is 29.8 Å². The van der Waals surface area contributed by atoms with Gasteiger partial charge < -0.3 is 10.6 Å². The van der Waals surface area contributed by atoms with E-state index < -0.39 is 0 Å². The molecular weight excluding hydrogens is 332 g/mol. The number of hydrogen-bond donors (Lipinski definition) is 2. The van der Waals surface area contributed by atoms with Crippen LogP contribution in [0.3, 0.4) is 0 Å². The number of hydrogen-bond acceptors (Lipinski definition) is 4. The summed E-state index contributed by atoms with van der Waals surface area (Å²) in [6, 6.07) is 5.93. The number of halogens is 1. The second-order valence-corrected chi connectivity index (χ2v) is 5.92. The first-order valence-electron chi connectivity index (χ1n) is 6.62. The summed E-state index contributed by atoms with van der Waals surface area (Å²) in [6.07, 6.45) is 3.03. The summed E-state index contributed by atoms with van der Waals surface area (Å²) < 4.78 is 0.977. The van der Waals surface area contributed by atoms with Gasteiger partial charge in [-0.05, 0) is 44.5 Å². The molecule has 21 heavy (non-hydrogen) atoms. The van der Waals surface area contributed by atoms with E-state index in [0.29, 0.717) is 11.5 Å². The number of carbonyl (C=O) groups is 1. The topological polar surface area (TPSA) is 66.9 Å². The zero-order chi connectivity index (χ0) is 15.4. The molecular formula is C15H17BrN4O. The molecule has 2 aromatic rings. The maximum atomic E-state index is 12.2. The molecule has 0 aliphatic carbocycles. The standard InChI is InChI=1S/C15H17BrN4O/c1-9(2)19-15-17-7-11(8-18-15)14(21)20-13-5-4-12(16)6-10(13)3/h4-9H,1-3H3,(H,20,21)(H,17,18,19). The second kappa shape index (κ2) is 6.67. The van der Waals surface area contributed by atoms with Crippen LogP contribution in [0.25, 0.3) is 0 Å². The normalized spacial score (nSPS) is 10.5. The van der Waals surface area contributed by atoms with Gasteiger partial charge in [0, 0.05) is 28.6 Å². The van der Waals surface area contributed by atoms with Crippen molar-refractivity contribution in [1.29, 1.82) is 0 Å². The summed E-state index contributed by atoms with van der Waals surface area (Å²) in [5, 5.41) is 5.93. The van der Waals surface area contributed by atoms with Crippen molar-refractivity contribution in [1.82, 2.24) is 9.97 Å². The third-order valence-corrected chi connectivity index (χ3v) is 3.26. The number of aryl methyl sites for hydroxylation is 1. The lowest BCUT2D eigenvalue weighted by Gasteiger charge is -2.10. The van der Waals surface area contributed by atoms with Crippen LogP contribution in [-0.4, -0.2) is 21.9 Å². The summed E-state index contributed by atoms with van der Waals surface area (Å²) in [5.74, 6) is 0.290. The van der Waals surface area contributed by atoms with E-state index in [-0.39, 0.29) is 11.9 Å². The van der Waals surface area contributed by atoms with Gasteiger partial charge in [0.2, 0.25) is 5.95 Å². The molecule has 1 aromatic carbocycles. The molecule has 0 bridgehead atoms. The van der Waals surface area contributed by atoms with Gasteiger partial charge in [0.05, 0.1) is 5.56 Å². The van der Waals surface area contributed by atoms with Gasteiger partial charge in [0.1, 0.15) is 0 Å². The van der Waals surface area contributed by atoms with Crippen LogP contribution in [0.2, 0.25) is 0 Å². The summed E-state index contributed by atoms with van der Waals surface area (Å²) in [7, 11) is 0. The Morgan fingerprint density at radius 1 is 1.24 bits per heavy atom. The highest BCUT2D eigenvalue weighted by molar-refractivity contribution is 9.10. The molecule has 1 amide bonds. The van der Waals surface area contributed by atoms with Gasteiger partial charge in [-0.3, -0.25) is 4.79 Å². The quantitative estimate of drug-likeness (QED) is 0.885. The molecule has 5 nitrogen and oxygen atoms in total. The third-order valence-electron chi connectivity index (χ3n) is 2.77. The van der Waals surface area contributed by atoms with E-state index in [2.05, 4.69) is 36.5 Å². The predicted molar refractivity (Wildman–Crippen MR) is 87.6 cm³/mol. The van der Waals surface area contributed by atoms with Gasteiger partial charge in [-0.1, -0.05) is 15.9 Å². The molecule has 6 heteroatoms. The number of amides is 1. The van der Waals surface area contributed by atoms with E-state index in [1.807, 2.05) is 39.0 Å². The molecule has 1 aromatic heterocycles.